The van der Waals surface area contributed by atoms with Crippen LogP contribution in [0.3, 0.4) is 0 Å². The van der Waals surface area contributed by atoms with Crippen molar-refractivity contribution in [3.8, 4) is 21.9 Å². The van der Waals surface area contributed by atoms with Gasteiger partial charge >= 0.3 is 0 Å². The summed E-state index contributed by atoms with van der Waals surface area (Å²) in [6, 6.07) is 7.84. The van der Waals surface area contributed by atoms with Crippen LogP contribution < -0.4 is 4.74 Å². The molecule has 0 saturated carbocycles. The minimum absolute atomic E-state index is 0.0433. The molecule has 1 N–H and O–H groups in total. The fourth-order valence-electron chi connectivity index (χ4n) is 2.91. The monoisotopic (exact) mass is 361 g/mol. The molecule has 1 aromatic heterocycles. The van der Waals surface area contributed by atoms with Crippen molar-refractivity contribution in [1.82, 2.24) is 4.90 Å². The van der Waals surface area contributed by atoms with Gasteiger partial charge in [0, 0.05) is 28.5 Å². The Morgan fingerprint density at radius 1 is 1.40 bits per heavy atom. The number of amides is 1. The summed E-state index contributed by atoms with van der Waals surface area (Å²) in [4.78, 5) is 16.5. The van der Waals surface area contributed by atoms with E-state index in [0.717, 1.165) is 16.0 Å². The second-order valence-electron chi connectivity index (χ2n) is 6.00. The average molecular weight is 361 g/mol. The van der Waals surface area contributed by atoms with Gasteiger partial charge in [-0.15, -0.1) is 11.3 Å². The summed E-state index contributed by atoms with van der Waals surface area (Å²) in [5.41, 5.74) is 1.78. The van der Waals surface area contributed by atoms with Gasteiger partial charge in [0.2, 0.25) is 5.91 Å². The van der Waals surface area contributed by atoms with E-state index < -0.39 is 0 Å². The summed E-state index contributed by atoms with van der Waals surface area (Å²) in [7, 11) is 0. The summed E-state index contributed by atoms with van der Waals surface area (Å²) in [5, 5.41) is 10.4. The summed E-state index contributed by atoms with van der Waals surface area (Å²) in [5.74, 6) is 0.654. The molecule has 0 radical (unpaired) electrons. The largest absolute Gasteiger partial charge is 0.504 e. The average Bonchev–Trinajstić information content (AvgIpc) is 2.90. The van der Waals surface area contributed by atoms with E-state index in [1.165, 1.54) is 4.88 Å². The van der Waals surface area contributed by atoms with E-state index in [2.05, 4.69) is 13.0 Å². The number of ether oxygens (including phenoxy) is 2. The zero-order valence-electron chi connectivity index (χ0n) is 14.6. The Bertz CT molecular complexity index is 756. The molecule has 3 rings (SSSR count). The van der Waals surface area contributed by atoms with Gasteiger partial charge in [-0.1, -0.05) is 0 Å². The number of carbonyl (C=O) groups is 1. The Morgan fingerprint density at radius 3 is 2.96 bits per heavy atom. The third-order valence-corrected chi connectivity index (χ3v) is 5.21. The van der Waals surface area contributed by atoms with Crippen molar-refractivity contribution >= 4 is 17.2 Å². The van der Waals surface area contributed by atoms with Gasteiger partial charge in [-0.3, -0.25) is 4.79 Å². The summed E-state index contributed by atoms with van der Waals surface area (Å²) < 4.78 is 11.0. The van der Waals surface area contributed by atoms with Gasteiger partial charge in [-0.25, -0.2) is 0 Å². The number of carbonyl (C=O) groups excluding carboxylic acids is 1. The lowest BCUT2D eigenvalue weighted by atomic mass is 10.1. The molecule has 0 unspecified atom stereocenters. The number of fused-ring (bicyclic) bond motifs is 1. The highest BCUT2D eigenvalue weighted by Gasteiger charge is 2.23. The molecule has 0 bridgehead atoms. The first-order valence-electron chi connectivity index (χ1n) is 8.49. The highest BCUT2D eigenvalue weighted by molar-refractivity contribution is 7.15. The third-order valence-electron chi connectivity index (χ3n) is 4.16. The second-order valence-corrected chi connectivity index (χ2v) is 7.29. The van der Waals surface area contributed by atoms with Crippen molar-refractivity contribution in [3.05, 3.63) is 34.7 Å². The molecular weight excluding hydrogens is 338 g/mol. The second kappa shape index (κ2) is 7.89. The third kappa shape index (κ3) is 4.14. The van der Waals surface area contributed by atoms with Crippen molar-refractivity contribution in [2.75, 3.05) is 26.4 Å². The maximum absolute atomic E-state index is 12.4. The quantitative estimate of drug-likeness (QED) is 0.827. The first-order valence-corrected chi connectivity index (χ1v) is 9.31. The standard InChI is InChI=1S/C19H23NO4S/c1-3-23-8-6-18(22)20-7-9-24-19-15(12-20)10-14(11-16(19)21)17-5-4-13(2)25-17/h4-5,10-11,21H,3,6-9,12H2,1-2H3. The minimum atomic E-state index is 0.0433. The number of hydrogen-bond donors (Lipinski definition) is 1. The number of benzene rings is 1. The number of phenolic OH excluding ortho intramolecular Hbond substituents is 1. The van der Waals surface area contributed by atoms with E-state index in [4.69, 9.17) is 9.47 Å². The molecule has 1 aromatic carbocycles. The highest BCUT2D eigenvalue weighted by Crippen LogP contribution is 2.39. The molecule has 1 aliphatic heterocycles. The molecule has 1 aliphatic rings. The van der Waals surface area contributed by atoms with E-state index >= 15 is 0 Å². The van der Waals surface area contributed by atoms with Crippen LogP contribution >= 0.6 is 11.3 Å². The fraction of sp³-hybridized carbons (Fsp3) is 0.421. The lowest BCUT2D eigenvalue weighted by Gasteiger charge is -2.20. The van der Waals surface area contributed by atoms with Crippen molar-refractivity contribution in [2.45, 2.75) is 26.8 Å². The summed E-state index contributed by atoms with van der Waals surface area (Å²) >= 11 is 1.68. The van der Waals surface area contributed by atoms with Crippen LogP contribution in [0.1, 0.15) is 23.8 Å². The molecule has 2 heterocycles. The van der Waals surface area contributed by atoms with Gasteiger partial charge in [0.25, 0.3) is 0 Å². The van der Waals surface area contributed by atoms with E-state index in [1.54, 1.807) is 22.3 Å². The van der Waals surface area contributed by atoms with Crippen LogP contribution in [0, 0.1) is 6.92 Å². The smallest absolute Gasteiger partial charge is 0.225 e. The minimum Gasteiger partial charge on any atom is -0.504 e. The fourth-order valence-corrected chi connectivity index (χ4v) is 3.76. The number of nitrogens with zero attached hydrogens (tertiary/aromatic N) is 1. The van der Waals surface area contributed by atoms with E-state index in [1.807, 2.05) is 19.1 Å². The lowest BCUT2D eigenvalue weighted by Crippen LogP contribution is -2.33. The molecule has 0 atom stereocenters. The molecular formula is C19H23NO4S. The zero-order valence-corrected chi connectivity index (χ0v) is 15.4. The molecule has 0 fully saturated rings. The number of aromatic hydroxyl groups is 1. The molecule has 0 spiro atoms. The van der Waals surface area contributed by atoms with Crippen LogP contribution in [-0.2, 0) is 16.1 Å². The van der Waals surface area contributed by atoms with Crippen LogP contribution in [0.5, 0.6) is 11.5 Å². The van der Waals surface area contributed by atoms with E-state index in [9.17, 15) is 9.90 Å². The van der Waals surface area contributed by atoms with E-state index in [-0.39, 0.29) is 11.7 Å². The maximum Gasteiger partial charge on any atom is 0.225 e. The first kappa shape index (κ1) is 17.8. The Morgan fingerprint density at radius 2 is 2.24 bits per heavy atom. The molecule has 6 heteroatoms. The molecule has 5 nitrogen and oxygen atoms in total. The van der Waals surface area contributed by atoms with Gasteiger partial charge in [-0.2, -0.15) is 0 Å². The van der Waals surface area contributed by atoms with Gasteiger partial charge in [0.1, 0.15) is 6.61 Å². The molecule has 1 amide bonds. The van der Waals surface area contributed by atoms with Crippen molar-refractivity contribution in [1.29, 1.82) is 0 Å². The predicted octanol–water partition coefficient (Wildman–Crippen LogP) is 3.58. The van der Waals surface area contributed by atoms with Crippen LogP contribution in [0.2, 0.25) is 0 Å². The predicted molar refractivity (Wildman–Crippen MR) is 98.2 cm³/mol. The lowest BCUT2D eigenvalue weighted by molar-refractivity contribution is -0.133. The number of phenols is 1. The highest BCUT2D eigenvalue weighted by atomic mass is 32.1. The van der Waals surface area contributed by atoms with Gasteiger partial charge < -0.3 is 19.5 Å². The van der Waals surface area contributed by atoms with Crippen LogP contribution in [0.4, 0.5) is 0 Å². The Kier molecular flexibility index (Phi) is 5.60. The Hall–Kier alpha value is -2.05. The zero-order chi connectivity index (χ0) is 17.8. The molecule has 2 aromatic rings. The maximum atomic E-state index is 12.4. The molecule has 25 heavy (non-hydrogen) atoms. The van der Waals surface area contributed by atoms with E-state index in [0.29, 0.717) is 45.1 Å². The van der Waals surface area contributed by atoms with Crippen LogP contribution in [0.25, 0.3) is 10.4 Å². The SMILES string of the molecule is CCOCCC(=O)N1CCOc2c(O)cc(-c3ccc(C)s3)cc2C1. The number of aryl methyl sites for hydroxylation is 1. The normalized spacial score (nSPS) is 13.9. The Balaban J connectivity index is 1.84. The molecule has 134 valence electrons. The topological polar surface area (TPSA) is 59.0 Å². The number of rotatable bonds is 5. The Labute approximate surface area is 151 Å². The van der Waals surface area contributed by atoms with Crippen molar-refractivity contribution < 1.29 is 19.4 Å². The van der Waals surface area contributed by atoms with Crippen molar-refractivity contribution in [2.24, 2.45) is 0 Å². The van der Waals surface area contributed by atoms with Crippen molar-refractivity contribution in [3.63, 3.8) is 0 Å². The van der Waals surface area contributed by atoms with Crippen LogP contribution in [-0.4, -0.2) is 42.3 Å². The van der Waals surface area contributed by atoms with Gasteiger partial charge in [-0.05, 0) is 43.7 Å². The number of hydrogen-bond acceptors (Lipinski definition) is 5. The van der Waals surface area contributed by atoms with Crippen LogP contribution in [0.15, 0.2) is 24.3 Å². The van der Waals surface area contributed by atoms with Gasteiger partial charge in [0.05, 0.1) is 19.6 Å². The molecule has 0 aliphatic carbocycles. The first-order chi connectivity index (χ1) is 12.1. The number of thiophene rings is 1. The van der Waals surface area contributed by atoms with Gasteiger partial charge in [0.15, 0.2) is 11.5 Å². The summed E-state index contributed by atoms with van der Waals surface area (Å²) in [6.45, 7) is 6.32. The molecule has 0 saturated heterocycles. The summed E-state index contributed by atoms with van der Waals surface area (Å²) in [6.07, 6.45) is 0.360.